The van der Waals surface area contributed by atoms with E-state index in [1.165, 1.54) is 12.1 Å². The normalized spacial score (nSPS) is 23.7. The summed E-state index contributed by atoms with van der Waals surface area (Å²) in [6, 6.07) is 25.5. The van der Waals surface area contributed by atoms with Gasteiger partial charge < -0.3 is 24.5 Å². The lowest BCUT2D eigenvalue weighted by Crippen LogP contribution is -2.52. The number of carbonyl (C=O) groups is 3. The molecule has 10 nitrogen and oxygen atoms in total. The van der Waals surface area contributed by atoms with Crippen molar-refractivity contribution < 1.29 is 33.0 Å². The van der Waals surface area contributed by atoms with Gasteiger partial charge in [-0.25, -0.2) is 8.78 Å². The number of phenolic OH excluding ortho intramolecular Hbond substituents is 1. The van der Waals surface area contributed by atoms with E-state index in [9.17, 15) is 19.5 Å². The van der Waals surface area contributed by atoms with Crippen LogP contribution in [0.5, 0.6) is 11.5 Å². The van der Waals surface area contributed by atoms with Crippen molar-refractivity contribution in [3.63, 3.8) is 0 Å². The molecule has 4 aromatic carbocycles. The van der Waals surface area contributed by atoms with Gasteiger partial charge in [0.2, 0.25) is 11.8 Å². The topological polar surface area (TPSA) is 106 Å². The maximum atomic E-state index is 15.7. The first-order chi connectivity index (χ1) is 28.1. The fraction of sp³-hybridized carbons (Fsp3) is 0.413. The van der Waals surface area contributed by atoms with Crippen LogP contribution >= 0.6 is 0 Å². The second-order valence-electron chi connectivity index (χ2n) is 16.6. The number of nitrogens with one attached hydrogen (secondary N) is 1. The van der Waals surface area contributed by atoms with Gasteiger partial charge in [0.25, 0.3) is 11.8 Å². The molecule has 2 N–H and O–H groups in total. The van der Waals surface area contributed by atoms with E-state index in [-0.39, 0.29) is 41.9 Å². The predicted octanol–water partition coefficient (Wildman–Crippen LogP) is 6.61. The van der Waals surface area contributed by atoms with Gasteiger partial charge in [-0.2, -0.15) is 0 Å². The summed E-state index contributed by atoms with van der Waals surface area (Å²) < 4.78 is 37.4. The molecule has 0 unspecified atom stereocenters. The lowest BCUT2D eigenvalue weighted by atomic mass is 9.67. The molecule has 3 fully saturated rings. The minimum atomic E-state index is -3.09. The van der Waals surface area contributed by atoms with Crippen LogP contribution in [0.4, 0.5) is 20.2 Å². The Morgan fingerprint density at radius 1 is 0.810 bits per heavy atom. The first-order valence-corrected chi connectivity index (χ1v) is 20.5. The van der Waals surface area contributed by atoms with Crippen LogP contribution in [0.3, 0.4) is 0 Å². The number of alkyl halides is 2. The Kier molecular flexibility index (Phi) is 10.1. The van der Waals surface area contributed by atoms with Gasteiger partial charge in [-0.05, 0) is 78.3 Å². The van der Waals surface area contributed by atoms with Crippen molar-refractivity contribution in [3.05, 3.63) is 118 Å². The number of piperazine rings is 1. The van der Waals surface area contributed by atoms with E-state index >= 15 is 8.78 Å². The van der Waals surface area contributed by atoms with E-state index in [0.29, 0.717) is 35.8 Å². The van der Waals surface area contributed by atoms with Crippen molar-refractivity contribution in [1.82, 2.24) is 15.1 Å². The summed E-state index contributed by atoms with van der Waals surface area (Å²) in [7, 11) is 1.64. The Balaban J connectivity index is 0.820. The second kappa shape index (κ2) is 15.4. The lowest BCUT2D eigenvalue weighted by molar-refractivity contribution is -0.136. The first kappa shape index (κ1) is 38.1. The quantitative estimate of drug-likeness (QED) is 0.192. The van der Waals surface area contributed by atoms with Crippen molar-refractivity contribution >= 4 is 29.1 Å². The molecule has 0 aromatic heterocycles. The molecule has 302 valence electrons. The second-order valence-corrected chi connectivity index (χ2v) is 16.6. The lowest BCUT2D eigenvalue weighted by Gasteiger charge is -2.40. The Morgan fingerprint density at radius 2 is 1.52 bits per heavy atom. The van der Waals surface area contributed by atoms with E-state index in [1.807, 2.05) is 48.5 Å². The number of phenols is 1. The van der Waals surface area contributed by atoms with Crippen molar-refractivity contribution in [1.29, 1.82) is 0 Å². The first-order valence-electron chi connectivity index (χ1n) is 20.5. The largest absolute Gasteiger partial charge is 0.508 e. The molecule has 3 saturated heterocycles. The van der Waals surface area contributed by atoms with Crippen LogP contribution in [-0.4, -0.2) is 91.6 Å². The molecule has 0 saturated carbocycles. The fourth-order valence-electron chi connectivity index (χ4n) is 10.1. The number of nitrogens with zero attached hydrogens (tertiary/aromatic N) is 4. The maximum absolute atomic E-state index is 15.7. The third kappa shape index (κ3) is 7.16. The van der Waals surface area contributed by atoms with E-state index in [1.54, 1.807) is 18.1 Å². The SMILES string of the molecule is COc1cc(N2CCC(CN3CCN(c4ccc5c(c4)CN([C@H]4CCC(=O)NC4=O)C5=O)CC3)CC2)ccc1[C@H]1c2ccc(O)cc2C(F)(F)C[C@H]1c1ccccc1. The summed E-state index contributed by atoms with van der Waals surface area (Å²) in [6.45, 7) is 6.96. The molecule has 4 aliphatic heterocycles. The molecule has 0 spiro atoms. The highest BCUT2D eigenvalue weighted by Gasteiger charge is 2.48. The van der Waals surface area contributed by atoms with Crippen LogP contribution in [0.1, 0.15) is 82.1 Å². The molecule has 5 aliphatic rings. The highest BCUT2D eigenvalue weighted by atomic mass is 19.3. The van der Waals surface area contributed by atoms with Gasteiger partial charge in [0.05, 0.1) is 7.11 Å². The molecular formula is C46H49F2N5O5. The number of hydrogen-bond donors (Lipinski definition) is 2. The third-order valence-electron chi connectivity index (χ3n) is 13.2. The molecule has 4 heterocycles. The Hall–Kier alpha value is -5.49. The van der Waals surface area contributed by atoms with Crippen molar-refractivity contribution in [3.8, 4) is 11.5 Å². The maximum Gasteiger partial charge on any atom is 0.274 e. The van der Waals surface area contributed by atoms with Gasteiger partial charge in [-0.3, -0.25) is 24.6 Å². The summed E-state index contributed by atoms with van der Waals surface area (Å²) in [5.41, 5.74) is 5.81. The molecular weight excluding hydrogens is 741 g/mol. The van der Waals surface area contributed by atoms with E-state index < -0.39 is 23.8 Å². The number of piperidine rings is 2. The van der Waals surface area contributed by atoms with Gasteiger partial charge in [0, 0.05) is 111 Å². The number of rotatable bonds is 8. The van der Waals surface area contributed by atoms with Gasteiger partial charge >= 0.3 is 0 Å². The molecule has 3 atom stereocenters. The van der Waals surface area contributed by atoms with Crippen LogP contribution in [0, 0.1) is 5.92 Å². The molecule has 58 heavy (non-hydrogen) atoms. The number of carbonyl (C=O) groups excluding carboxylic acids is 3. The molecule has 4 aromatic rings. The van der Waals surface area contributed by atoms with Crippen LogP contribution < -0.4 is 19.9 Å². The van der Waals surface area contributed by atoms with E-state index in [0.717, 1.165) is 86.7 Å². The van der Waals surface area contributed by atoms with Gasteiger partial charge in [-0.15, -0.1) is 0 Å². The molecule has 3 amide bonds. The number of anilines is 2. The average Bonchev–Trinajstić information content (AvgIpc) is 3.56. The van der Waals surface area contributed by atoms with Crippen LogP contribution in [0.15, 0.2) is 84.9 Å². The number of ether oxygens (including phenoxy) is 1. The summed E-state index contributed by atoms with van der Waals surface area (Å²) in [5.74, 6) is -3.70. The monoisotopic (exact) mass is 789 g/mol. The minimum absolute atomic E-state index is 0.125. The molecule has 0 radical (unpaired) electrons. The minimum Gasteiger partial charge on any atom is -0.508 e. The fourth-order valence-corrected chi connectivity index (χ4v) is 10.1. The number of aromatic hydroxyl groups is 1. The average molecular weight is 790 g/mol. The standard InChI is InChI=1S/C46H49F2N5O5/c1-58-41-24-33(8-11-37(41)43-36-12-9-34(54)25-39(36)46(47,48)26-38(43)30-5-3-2-4-6-30)51-17-15-29(16-18-51)27-50-19-21-52(22-20-50)32-7-10-35-31(23-32)28-53(45(35)57)40-13-14-42(55)49-44(40)56/h2-12,23-25,29,38,40,43,54H,13-22,26-28H2,1H3,(H,49,55,56)/t38-,40-,43+/m0/s1. The highest BCUT2D eigenvalue weighted by Crippen LogP contribution is 2.56. The number of halogens is 2. The molecule has 1 aliphatic carbocycles. The zero-order valence-electron chi connectivity index (χ0n) is 32.7. The van der Waals surface area contributed by atoms with Crippen LogP contribution in [0.25, 0.3) is 0 Å². The number of methoxy groups -OCH3 is 1. The van der Waals surface area contributed by atoms with Crippen LogP contribution in [0.2, 0.25) is 0 Å². The zero-order valence-corrected chi connectivity index (χ0v) is 32.7. The summed E-state index contributed by atoms with van der Waals surface area (Å²) in [6.07, 6.45) is 2.36. The Labute approximate surface area is 337 Å². The highest BCUT2D eigenvalue weighted by molar-refractivity contribution is 6.05. The van der Waals surface area contributed by atoms with Crippen molar-refractivity contribution in [2.75, 3.05) is 62.7 Å². The Morgan fingerprint density at radius 3 is 2.26 bits per heavy atom. The summed E-state index contributed by atoms with van der Waals surface area (Å²) >= 11 is 0. The van der Waals surface area contributed by atoms with Gasteiger partial charge in [0.15, 0.2) is 0 Å². The van der Waals surface area contributed by atoms with E-state index in [2.05, 4.69) is 38.2 Å². The van der Waals surface area contributed by atoms with Crippen LogP contribution in [-0.2, 0) is 22.1 Å². The van der Waals surface area contributed by atoms with Crippen molar-refractivity contribution in [2.24, 2.45) is 5.92 Å². The third-order valence-corrected chi connectivity index (χ3v) is 13.2. The number of fused-ring (bicyclic) bond motifs is 2. The van der Waals surface area contributed by atoms with Gasteiger partial charge in [0.1, 0.15) is 17.5 Å². The molecule has 0 bridgehead atoms. The number of amides is 3. The molecule has 9 rings (SSSR count). The predicted molar refractivity (Wildman–Crippen MR) is 217 cm³/mol. The number of imide groups is 1. The smallest absolute Gasteiger partial charge is 0.274 e. The van der Waals surface area contributed by atoms with E-state index in [4.69, 9.17) is 4.74 Å². The van der Waals surface area contributed by atoms with Crippen molar-refractivity contribution in [2.45, 2.75) is 62.4 Å². The summed E-state index contributed by atoms with van der Waals surface area (Å²) in [4.78, 5) is 46.2. The number of benzene rings is 4. The molecule has 12 heteroatoms. The Bertz CT molecular complexity index is 2220. The van der Waals surface area contributed by atoms with Gasteiger partial charge in [-0.1, -0.05) is 42.5 Å². The zero-order chi connectivity index (χ0) is 40.1. The number of hydrogen-bond acceptors (Lipinski definition) is 8. The summed E-state index contributed by atoms with van der Waals surface area (Å²) in [5, 5.41) is 12.6.